The Labute approximate surface area is 99.6 Å². The van der Waals surface area contributed by atoms with Gasteiger partial charge in [0.05, 0.1) is 0 Å². The summed E-state index contributed by atoms with van der Waals surface area (Å²) in [5.41, 5.74) is 5.13. The maximum atomic E-state index is 4.41. The van der Waals surface area contributed by atoms with Crippen molar-refractivity contribution >= 4 is 24.0 Å². The first-order valence-corrected chi connectivity index (χ1v) is 6.13. The minimum Gasteiger partial charge on any atom is -0.230 e. The maximum Gasteiger partial charge on any atom is 0.125 e. The van der Waals surface area contributed by atoms with Crippen LogP contribution in [0.2, 0.25) is 0 Å². The van der Waals surface area contributed by atoms with Crippen molar-refractivity contribution in [3.63, 3.8) is 0 Å². The summed E-state index contributed by atoms with van der Waals surface area (Å²) in [6, 6.07) is 4.39. The highest BCUT2D eigenvalue weighted by atomic mass is 32.1. The normalized spacial score (nSPS) is 10.7. The molecule has 0 radical (unpaired) electrons. The van der Waals surface area contributed by atoms with Gasteiger partial charge in [-0.1, -0.05) is 17.7 Å². The van der Waals surface area contributed by atoms with Gasteiger partial charge in [-0.25, -0.2) is 4.98 Å². The fraction of sp³-hybridized carbons (Fsp3) is 0.250. The minimum atomic E-state index is 0.800. The van der Waals surface area contributed by atoms with Gasteiger partial charge in [0.15, 0.2) is 0 Å². The number of nitrogens with zero attached hydrogens (tertiary/aromatic N) is 1. The van der Waals surface area contributed by atoms with Crippen LogP contribution in [0.5, 0.6) is 0 Å². The molecule has 0 N–H and O–H groups in total. The molecule has 15 heavy (non-hydrogen) atoms. The number of thiazole rings is 1. The third kappa shape index (κ3) is 2.08. The van der Waals surface area contributed by atoms with Crippen LogP contribution in [0.25, 0.3) is 10.6 Å². The summed E-state index contributed by atoms with van der Waals surface area (Å²) in [6.07, 6.45) is 0. The van der Waals surface area contributed by atoms with E-state index in [9.17, 15) is 0 Å². The SMILES string of the molecule is Cc1cc(C)c(-c2nc(S)cs2)c(C)c1. The summed E-state index contributed by atoms with van der Waals surface area (Å²) in [4.78, 5) is 4.41. The molecule has 2 aromatic rings. The van der Waals surface area contributed by atoms with Crippen LogP contribution < -0.4 is 0 Å². The van der Waals surface area contributed by atoms with E-state index in [4.69, 9.17) is 0 Å². The zero-order chi connectivity index (χ0) is 11.0. The molecule has 1 aromatic carbocycles. The molecule has 0 bridgehead atoms. The van der Waals surface area contributed by atoms with E-state index in [1.807, 2.05) is 5.38 Å². The highest BCUT2D eigenvalue weighted by Gasteiger charge is 2.09. The fourth-order valence-corrected chi connectivity index (χ4v) is 3.08. The first-order chi connectivity index (χ1) is 7.08. The molecule has 0 atom stereocenters. The molecular weight excluding hydrogens is 222 g/mol. The molecule has 1 heterocycles. The first-order valence-electron chi connectivity index (χ1n) is 4.80. The van der Waals surface area contributed by atoms with Gasteiger partial charge < -0.3 is 0 Å². The quantitative estimate of drug-likeness (QED) is 0.736. The topological polar surface area (TPSA) is 12.9 Å². The monoisotopic (exact) mass is 235 g/mol. The molecule has 0 aliphatic rings. The Morgan fingerprint density at radius 3 is 2.20 bits per heavy atom. The van der Waals surface area contributed by atoms with Crippen molar-refractivity contribution in [1.82, 2.24) is 4.98 Å². The highest BCUT2D eigenvalue weighted by molar-refractivity contribution is 7.80. The third-order valence-corrected chi connectivity index (χ3v) is 3.65. The molecule has 3 heteroatoms. The van der Waals surface area contributed by atoms with Gasteiger partial charge in [-0.15, -0.1) is 24.0 Å². The fourth-order valence-electron chi connectivity index (χ4n) is 1.90. The maximum absolute atomic E-state index is 4.41. The van der Waals surface area contributed by atoms with Crippen molar-refractivity contribution in [2.45, 2.75) is 25.8 Å². The van der Waals surface area contributed by atoms with Crippen LogP contribution in [0.15, 0.2) is 22.5 Å². The van der Waals surface area contributed by atoms with Gasteiger partial charge in [0.2, 0.25) is 0 Å². The Morgan fingerprint density at radius 2 is 1.73 bits per heavy atom. The summed E-state index contributed by atoms with van der Waals surface area (Å²) in [6.45, 7) is 6.39. The number of aromatic nitrogens is 1. The number of rotatable bonds is 1. The predicted octanol–water partition coefficient (Wildman–Crippen LogP) is 4.02. The van der Waals surface area contributed by atoms with Gasteiger partial charge in [-0.05, 0) is 31.9 Å². The van der Waals surface area contributed by atoms with Crippen LogP contribution in [0, 0.1) is 20.8 Å². The Morgan fingerprint density at radius 1 is 1.13 bits per heavy atom. The molecule has 0 aliphatic carbocycles. The number of thiol groups is 1. The van der Waals surface area contributed by atoms with Gasteiger partial charge in [0, 0.05) is 10.9 Å². The largest absolute Gasteiger partial charge is 0.230 e. The Bertz CT molecular complexity index is 477. The van der Waals surface area contributed by atoms with Crippen molar-refractivity contribution in [1.29, 1.82) is 0 Å². The smallest absolute Gasteiger partial charge is 0.125 e. The predicted molar refractivity (Wildman–Crippen MR) is 69.0 cm³/mol. The van der Waals surface area contributed by atoms with Gasteiger partial charge in [-0.3, -0.25) is 0 Å². The number of aryl methyl sites for hydroxylation is 3. The number of benzene rings is 1. The van der Waals surface area contributed by atoms with Gasteiger partial charge in [-0.2, -0.15) is 0 Å². The van der Waals surface area contributed by atoms with Crippen LogP contribution in [-0.2, 0) is 0 Å². The second-order valence-corrected chi connectivity index (χ2v) is 5.10. The second-order valence-electron chi connectivity index (χ2n) is 3.78. The summed E-state index contributed by atoms with van der Waals surface area (Å²) in [7, 11) is 0. The molecule has 0 spiro atoms. The van der Waals surface area contributed by atoms with Crippen LogP contribution >= 0.6 is 24.0 Å². The van der Waals surface area contributed by atoms with E-state index in [0.29, 0.717) is 0 Å². The van der Waals surface area contributed by atoms with Crippen LogP contribution in [0.1, 0.15) is 16.7 Å². The van der Waals surface area contributed by atoms with Crippen molar-refractivity contribution < 1.29 is 0 Å². The van der Waals surface area contributed by atoms with Gasteiger partial charge >= 0.3 is 0 Å². The average molecular weight is 235 g/mol. The lowest BCUT2D eigenvalue weighted by Gasteiger charge is -2.08. The molecule has 78 valence electrons. The highest BCUT2D eigenvalue weighted by Crippen LogP contribution is 2.31. The average Bonchev–Trinajstić information content (AvgIpc) is 2.49. The first kappa shape index (κ1) is 10.7. The van der Waals surface area contributed by atoms with E-state index < -0.39 is 0 Å². The summed E-state index contributed by atoms with van der Waals surface area (Å²) >= 11 is 5.89. The van der Waals surface area contributed by atoms with Crippen molar-refractivity contribution in [3.05, 3.63) is 34.2 Å². The summed E-state index contributed by atoms with van der Waals surface area (Å²) < 4.78 is 0. The Balaban J connectivity index is 2.62. The lowest BCUT2D eigenvalue weighted by Crippen LogP contribution is -1.89. The van der Waals surface area contributed by atoms with Crippen molar-refractivity contribution in [3.8, 4) is 10.6 Å². The molecule has 0 fully saturated rings. The number of hydrogen-bond acceptors (Lipinski definition) is 3. The zero-order valence-electron chi connectivity index (χ0n) is 9.03. The molecule has 0 aliphatic heterocycles. The molecule has 1 aromatic heterocycles. The van der Waals surface area contributed by atoms with E-state index in [1.165, 1.54) is 22.3 Å². The summed E-state index contributed by atoms with van der Waals surface area (Å²) in [5, 5.41) is 3.83. The zero-order valence-corrected chi connectivity index (χ0v) is 10.7. The van der Waals surface area contributed by atoms with E-state index in [2.05, 4.69) is 50.5 Å². The molecule has 0 saturated carbocycles. The third-order valence-electron chi connectivity index (χ3n) is 2.38. The number of hydrogen-bond donors (Lipinski definition) is 1. The van der Waals surface area contributed by atoms with E-state index >= 15 is 0 Å². The molecule has 0 saturated heterocycles. The lowest BCUT2D eigenvalue weighted by molar-refractivity contribution is 1.20. The van der Waals surface area contributed by atoms with E-state index in [-0.39, 0.29) is 0 Å². The Kier molecular flexibility index (Phi) is 2.85. The van der Waals surface area contributed by atoms with Crippen LogP contribution in [0.4, 0.5) is 0 Å². The lowest BCUT2D eigenvalue weighted by atomic mass is 10.0. The minimum absolute atomic E-state index is 0.800. The van der Waals surface area contributed by atoms with E-state index in [0.717, 1.165) is 10.0 Å². The molecule has 2 rings (SSSR count). The van der Waals surface area contributed by atoms with Crippen LogP contribution in [0.3, 0.4) is 0 Å². The van der Waals surface area contributed by atoms with Crippen molar-refractivity contribution in [2.75, 3.05) is 0 Å². The van der Waals surface area contributed by atoms with Crippen molar-refractivity contribution in [2.24, 2.45) is 0 Å². The van der Waals surface area contributed by atoms with Crippen LogP contribution in [-0.4, -0.2) is 4.98 Å². The molecule has 1 nitrogen and oxygen atoms in total. The van der Waals surface area contributed by atoms with Gasteiger partial charge in [0.1, 0.15) is 10.0 Å². The second kappa shape index (κ2) is 3.99. The summed E-state index contributed by atoms with van der Waals surface area (Å²) in [5.74, 6) is 0. The molecular formula is C12H13NS2. The standard InChI is InChI=1S/C12H13NS2/c1-7-4-8(2)11(9(3)5-7)12-13-10(14)6-15-12/h4-6,14H,1-3H3. The Hall–Kier alpha value is -0.800. The van der Waals surface area contributed by atoms with Gasteiger partial charge in [0.25, 0.3) is 0 Å². The molecule has 0 unspecified atom stereocenters. The molecule has 0 amide bonds. The van der Waals surface area contributed by atoms with E-state index in [1.54, 1.807) is 11.3 Å².